The molecule has 2 aromatic carbocycles. The minimum atomic E-state index is 0.360. The Balaban J connectivity index is 2.18. The van der Waals surface area contributed by atoms with Crippen molar-refractivity contribution in [3.8, 4) is 5.75 Å². The number of hydrogen-bond donors (Lipinski definition) is 1. The number of aromatic hydroxyl groups is 1. The summed E-state index contributed by atoms with van der Waals surface area (Å²) in [5.74, 6) is 0.360. The molecule has 2 heteroatoms. The van der Waals surface area contributed by atoms with Gasteiger partial charge in [-0.05, 0) is 25.1 Å². The molecule has 0 fully saturated rings. The van der Waals surface area contributed by atoms with E-state index in [2.05, 4.69) is 17.0 Å². The van der Waals surface area contributed by atoms with Gasteiger partial charge in [0, 0.05) is 24.8 Å². The predicted molar refractivity (Wildman–Crippen MR) is 71.4 cm³/mol. The van der Waals surface area contributed by atoms with Gasteiger partial charge >= 0.3 is 0 Å². The maximum Gasteiger partial charge on any atom is 0.120 e. The van der Waals surface area contributed by atoms with Crippen LogP contribution in [0.15, 0.2) is 48.5 Å². The Morgan fingerprint density at radius 3 is 2.47 bits per heavy atom. The first kappa shape index (κ1) is 11.5. The van der Waals surface area contributed by atoms with Gasteiger partial charge in [-0.3, -0.25) is 0 Å². The van der Waals surface area contributed by atoms with Gasteiger partial charge in [0.25, 0.3) is 0 Å². The van der Waals surface area contributed by atoms with Crippen LogP contribution in [-0.4, -0.2) is 12.2 Å². The normalized spacial score (nSPS) is 10.2. The van der Waals surface area contributed by atoms with Gasteiger partial charge < -0.3 is 10.0 Å². The van der Waals surface area contributed by atoms with Crippen molar-refractivity contribution in [3.63, 3.8) is 0 Å². The number of para-hydroxylation sites is 1. The van der Waals surface area contributed by atoms with Gasteiger partial charge in [0.1, 0.15) is 5.75 Å². The first-order valence-corrected chi connectivity index (χ1v) is 5.71. The van der Waals surface area contributed by atoms with Crippen LogP contribution in [0.4, 0.5) is 5.69 Å². The van der Waals surface area contributed by atoms with Gasteiger partial charge in [-0.15, -0.1) is 0 Å². The molecule has 0 aliphatic heterocycles. The highest BCUT2D eigenvalue weighted by Crippen LogP contribution is 2.22. The molecule has 0 aliphatic rings. The van der Waals surface area contributed by atoms with E-state index >= 15 is 0 Å². The number of rotatable bonds is 3. The molecule has 0 saturated carbocycles. The van der Waals surface area contributed by atoms with E-state index in [1.807, 2.05) is 44.3 Å². The second-order valence-corrected chi connectivity index (χ2v) is 4.32. The molecule has 2 rings (SSSR count). The first-order valence-electron chi connectivity index (χ1n) is 5.71. The summed E-state index contributed by atoms with van der Waals surface area (Å²) in [6.45, 7) is 2.74. The molecule has 0 aromatic heterocycles. The molecule has 0 saturated heterocycles. The standard InChI is InChI=1S/C15H17NO/c1-12-8-9-15(17)13(10-12)11-16(2)14-6-4-3-5-7-14/h3-10,17H,11H2,1-2H3. The van der Waals surface area contributed by atoms with Crippen LogP contribution in [-0.2, 0) is 6.54 Å². The van der Waals surface area contributed by atoms with Crippen LogP contribution in [0, 0.1) is 6.92 Å². The zero-order valence-electron chi connectivity index (χ0n) is 10.2. The van der Waals surface area contributed by atoms with Crippen molar-refractivity contribution in [2.24, 2.45) is 0 Å². The van der Waals surface area contributed by atoms with Crippen LogP contribution in [0.25, 0.3) is 0 Å². The molecule has 1 N–H and O–H groups in total. The van der Waals surface area contributed by atoms with E-state index in [-0.39, 0.29) is 0 Å². The van der Waals surface area contributed by atoms with E-state index in [0.29, 0.717) is 12.3 Å². The van der Waals surface area contributed by atoms with E-state index in [0.717, 1.165) is 11.3 Å². The number of phenolic OH excluding ortho intramolecular Hbond substituents is 1. The fraction of sp³-hybridized carbons (Fsp3) is 0.200. The van der Waals surface area contributed by atoms with Crippen molar-refractivity contribution < 1.29 is 5.11 Å². The third kappa shape index (κ3) is 2.78. The fourth-order valence-corrected chi connectivity index (χ4v) is 1.87. The Morgan fingerprint density at radius 1 is 1.06 bits per heavy atom. The molecule has 88 valence electrons. The van der Waals surface area contributed by atoms with E-state index in [1.54, 1.807) is 6.07 Å². The molecule has 0 spiro atoms. The quantitative estimate of drug-likeness (QED) is 0.869. The van der Waals surface area contributed by atoms with Crippen LogP contribution in [0.3, 0.4) is 0 Å². The molecule has 0 atom stereocenters. The Hall–Kier alpha value is -1.96. The molecule has 2 aromatic rings. The molecular formula is C15H17NO. The van der Waals surface area contributed by atoms with Crippen LogP contribution in [0.2, 0.25) is 0 Å². The Kier molecular flexibility index (Phi) is 3.33. The van der Waals surface area contributed by atoms with E-state index in [4.69, 9.17) is 0 Å². The van der Waals surface area contributed by atoms with Gasteiger partial charge in [-0.1, -0.05) is 35.9 Å². The summed E-state index contributed by atoms with van der Waals surface area (Å²) in [6.07, 6.45) is 0. The molecule has 0 unspecified atom stereocenters. The Bertz CT molecular complexity index is 494. The average Bonchev–Trinajstić information content (AvgIpc) is 2.35. The highest BCUT2D eigenvalue weighted by molar-refractivity contribution is 5.47. The summed E-state index contributed by atoms with van der Waals surface area (Å²) in [5.41, 5.74) is 3.27. The third-order valence-electron chi connectivity index (χ3n) is 2.84. The number of benzene rings is 2. The molecule has 0 amide bonds. The van der Waals surface area contributed by atoms with Crippen molar-refractivity contribution in [3.05, 3.63) is 59.7 Å². The lowest BCUT2D eigenvalue weighted by atomic mass is 10.1. The van der Waals surface area contributed by atoms with Crippen molar-refractivity contribution in [2.75, 3.05) is 11.9 Å². The minimum absolute atomic E-state index is 0.360. The molecule has 0 radical (unpaired) electrons. The molecule has 0 aliphatic carbocycles. The van der Waals surface area contributed by atoms with E-state index < -0.39 is 0 Å². The molecule has 0 heterocycles. The minimum Gasteiger partial charge on any atom is -0.508 e. The summed E-state index contributed by atoms with van der Waals surface area (Å²) in [7, 11) is 2.02. The maximum atomic E-state index is 9.80. The zero-order valence-corrected chi connectivity index (χ0v) is 10.2. The van der Waals surface area contributed by atoms with Crippen molar-refractivity contribution in [1.82, 2.24) is 0 Å². The third-order valence-corrected chi connectivity index (χ3v) is 2.84. The number of hydrogen-bond acceptors (Lipinski definition) is 2. The van der Waals surface area contributed by atoms with Crippen molar-refractivity contribution >= 4 is 5.69 Å². The largest absolute Gasteiger partial charge is 0.508 e. The van der Waals surface area contributed by atoms with Crippen molar-refractivity contribution in [2.45, 2.75) is 13.5 Å². The highest BCUT2D eigenvalue weighted by Gasteiger charge is 2.05. The van der Waals surface area contributed by atoms with E-state index in [1.165, 1.54) is 5.56 Å². The molecule has 17 heavy (non-hydrogen) atoms. The fourth-order valence-electron chi connectivity index (χ4n) is 1.87. The summed E-state index contributed by atoms with van der Waals surface area (Å²) in [5, 5.41) is 9.80. The monoisotopic (exact) mass is 227 g/mol. The SMILES string of the molecule is Cc1ccc(O)c(CN(C)c2ccccc2)c1. The second kappa shape index (κ2) is 4.91. The molecule has 2 nitrogen and oxygen atoms in total. The van der Waals surface area contributed by atoms with Gasteiger partial charge in [-0.2, -0.15) is 0 Å². The maximum absolute atomic E-state index is 9.80. The van der Waals surface area contributed by atoms with Gasteiger partial charge in [0.15, 0.2) is 0 Å². The average molecular weight is 227 g/mol. The lowest BCUT2D eigenvalue weighted by molar-refractivity contribution is 0.467. The van der Waals surface area contributed by atoms with Gasteiger partial charge in [-0.25, -0.2) is 0 Å². The smallest absolute Gasteiger partial charge is 0.120 e. The zero-order chi connectivity index (χ0) is 12.3. The number of aryl methyl sites for hydroxylation is 1. The van der Waals surface area contributed by atoms with Crippen LogP contribution >= 0.6 is 0 Å². The number of phenols is 1. The Labute approximate surface area is 102 Å². The lowest BCUT2D eigenvalue weighted by Crippen LogP contribution is -2.16. The lowest BCUT2D eigenvalue weighted by Gasteiger charge is -2.20. The summed E-state index contributed by atoms with van der Waals surface area (Å²) in [6, 6.07) is 15.9. The van der Waals surface area contributed by atoms with Crippen molar-refractivity contribution in [1.29, 1.82) is 0 Å². The topological polar surface area (TPSA) is 23.5 Å². The summed E-state index contributed by atoms with van der Waals surface area (Å²) >= 11 is 0. The second-order valence-electron chi connectivity index (χ2n) is 4.32. The first-order chi connectivity index (χ1) is 8.16. The molecule has 0 bridgehead atoms. The highest BCUT2D eigenvalue weighted by atomic mass is 16.3. The number of anilines is 1. The van der Waals surface area contributed by atoms with Crippen LogP contribution in [0.1, 0.15) is 11.1 Å². The van der Waals surface area contributed by atoms with Gasteiger partial charge in [0.2, 0.25) is 0 Å². The Morgan fingerprint density at radius 2 is 1.76 bits per heavy atom. The summed E-state index contributed by atoms with van der Waals surface area (Å²) < 4.78 is 0. The van der Waals surface area contributed by atoms with Crippen LogP contribution in [0.5, 0.6) is 5.75 Å². The van der Waals surface area contributed by atoms with Crippen LogP contribution < -0.4 is 4.90 Å². The van der Waals surface area contributed by atoms with E-state index in [9.17, 15) is 5.11 Å². The number of nitrogens with zero attached hydrogens (tertiary/aromatic N) is 1. The van der Waals surface area contributed by atoms with Gasteiger partial charge in [0.05, 0.1) is 0 Å². The molecular weight excluding hydrogens is 210 g/mol. The predicted octanol–water partition coefficient (Wildman–Crippen LogP) is 3.34. The summed E-state index contributed by atoms with van der Waals surface area (Å²) in [4.78, 5) is 2.12.